The molecule has 164 valence electrons. The van der Waals surface area contributed by atoms with Crippen LogP contribution in [0.5, 0.6) is 5.75 Å². The Kier molecular flexibility index (Phi) is 5.39. The summed E-state index contributed by atoms with van der Waals surface area (Å²) in [6.07, 6.45) is 1.29. The molecule has 7 heteroatoms. The van der Waals surface area contributed by atoms with Crippen molar-refractivity contribution in [3.8, 4) is 5.75 Å². The highest BCUT2D eigenvalue weighted by Crippen LogP contribution is 2.62. The lowest BCUT2D eigenvalue weighted by atomic mass is 9.54. The van der Waals surface area contributed by atoms with Gasteiger partial charge in [0.15, 0.2) is 11.6 Å². The molecule has 0 bridgehead atoms. The van der Waals surface area contributed by atoms with Crippen molar-refractivity contribution in [3.63, 3.8) is 0 Å². The minimum Gasteiger partial charge on any atom is -0.460 e. The largest absolute Gasteiger partial charge is 0.460 e. The van der Waals surface area contributed by atoms with E-state index in [1.807, 2.05) is 6.92 Å². The van der Waals surface area contributed by atoms with Crippen molar-refractivity contribution in [1.29, 1.82) is 0 Å². The van der Waals surface area contributed by atoms with Crippen molar-refractivity contribution in [3.05, 3.63) is 29.1 Å². The summed E-state index contributed by atoms with van der Waals surface area (Å²) in [6, 6.07) is 3.11. The summed E-state index contributed by atoms with van der Waals surface area (Å²) in [5.41, 5.74) is 1.42. The number of benzene rings is 1. The van der Waals surface area contributed by atoms with E-state index in [2.05, 4.69) is 0 Å². The van der Waals surface area contributed by atoms with Gasteiger partial charge in [0.1, 0.15) is 6.10 Å². The van der Waals surface area contributed by atoms with Gasteiger partial charge in [-0.25, -0.2) is 4.39 Å². The maximum atomic E-state index is 14.7. The third-order valence-corrected chi connectivity index (χ3v) is 7.55. The second-order valence-corrected chi connectivity index (χ2v) is 9.22. The van der Waals surface area contributed by atoms with E-state index in [1.54, 1.807) is 13.2 Å². The molecule has 2 saturated carbocycles. The Labute approximate surface area is 175 Å². The van der Waals surface area contributed by atoms with Crippen molar-refractivity contribution in [2.24, 2.45) is 17.3 Å². The molecule has 30 heavy (non-hydrogen) atoms. The molecule has 6 nitrogen and oxygen atoms in total. The van der Waals surface area contributed by atoms with Gasteiger partial charge in [0.05, 0.1) is 12.2 Å². The Morgan fingerprint density at radius 2 is 1.93 bits per heavy atom. The smallest absolute Gasteiger partial charge is 0.308 e. The summed E-state index contributed by atoms with van der Waals surface area (Å²) >= 11 is 0. The predicted molar refractivity (Wildman–Crippen MR) is 105 cm³/mol. The molecule has 3 aliphatic carbocycles. The van der Waals surface area contributed by atoms with Crippen LogP contribution in [0.4, 0.5) is 4.39 Å². The number of fused-ring (bicyclic) bond motifs is 5. The van der Waals surface area contributed by atoms with Gasteiger partial charge < -0.3 is 19.3 Å². The minimum absolute atomic E-state index is 0.0269. The van der Waals surface area contributed by atoms with Gasteiger partial charge in [0.2, 0.25) is 0 Å². The minimum atomic E-state index is -0.755. The number of carbonyl (C=O) groups excluding carboxylic acids is 2. The van der Waals surface area contributed by atoms with Crippen LogP contribution in [0.3, 0.4) is 0 Å². The van der Waals surface area contributed by atoms with Crippen LogP contribution in [0.2, 0.25) is 0 Å². The van der Waals surface area contributed by atoms with E-state index in [0.29, 0.717) is 12.8 Å². The van der Waals surface area contributed by atoms with E-state index in [4.69, 9.17) is 14.2 Å². The van der Waals surface area contributed by atoms with Crippen LogP contribution in [0, 0.1) is 23.1 Å². The number of aliphatic hydroxyl groups excluding tert-OH is 1. The maximum Gasteiger partial charge on any atom is 0.308 e. The van der Waals surface area contributed by atoms with Crippen LogP contribution >= 0.6 is 0 Å². The first-order chi connectivity index (χ1) is 14.2. The van der Waals surface area contributed by atoms with E-state index < -0.39 is 35.4 Å². The fourth-order valence-electron chi connectivity index (χ4n) is 6.38. The average molecular weight is 420 g/mol. The van der Waals surface area contributed by atoms with E-state index in [0.717, 1.165) is 24.0 Å². The highest BCUT2D eigenvalue weighted by atomic mass is 19.1. The lowest BCUT2D eigenvalue weighted by molar-refractivity contribution is -0.154. The molecular weight excluding hydrogens is 391 g/mol. The summed E-state index contributed by atoms with van der Waals surface area (Å²) in [5.74, 6) is -1.26. The molecule has 1 aromatic rings. The van der Waals surface area contributed by atoms with Crippen molar-refractivity contribution < 1.29 is 33.3 Å². The SMILES string of the molecule is CO[C@H]1C[C@]2(C)[C@@H](O)[C@@H](OC(C)=O)C[C@H]2[C@@H]2CCc3cc(OC(C)=O)c(F)cc3[C@H]21. The Morgan fingerprint density at radius 3 is 2.57 bits per heavy atom. The molecule has 0 radical (unpaired) electrons. The van der Waals surface area contributed by atoms with Crippen molar-refractivity contribution in [2.75, 3.05) is 7.11 Å². The van der Waals surface area contributed by atoms with Crippen molar-refractivity contribution in [2.45, 2.75) is 70.7 Å². The van der Waals surface area contributed by atoms with Gasteiger partial charge in [-0.15, -0.1) is 0 Å². The topological polar surface area (TPSA) is 82.1 Å². The molecular formula is C23H29FO6. The lowest BCUT2D eigenvalue weighted by Crippen LogP contribution is -2.51. The van der Waals surface area contributed by atoms with Crippen LogP contribution in [-0.4, -0.2) is 42.5 Å². The number of hydrogen-bond donors (Lipinski definition) is 1. The highest BCUT2D eigenvalue weighted by molar-refractivity contribution is 5.69. The molecule has 0 spiro atoms. The normalized spacial score (nSPS) is 37.0. The highest BCUT2D eigenvalue weighted by Gasteiger charge is 2.61. The number of rotatable bonds is 3. The van der Waals surface area contributed by atoms with Crippen LogP contribution in [0.1, 0.15) is 57.1 Å². The Bertz CT molecular complexity index is 869. The Hall–Kier alpha value is -1.99. The molecule has 0 aromatic heterocycles. The maximum absolute atomic E-state index is 14.7. The predicted octanol–water partition coefficient (Wildman–Crippen LogP) is 3.13. The zero-order valence-corrected chi connectivity index (χ0v) is 17.8. The van der Waals surface area contributed by atoms with Gasteiger partial charge in [-0.3, -0.25) is 9.59 Å². The Morgan fingerprint density at radius 1 is 1.20 bits per heavy atom. The number of aryl methyl sites for hydroxylation is 1. The van der Waals surface area contributed by atoms with Gasteiger partial charge in [-0.2, -0.15) is 0 Å². The molecule has 0 saturated heterocycles. The van der Waals surface area contributed by atoms with Gasteiger partial charge >= 0.3 is 11.9 Å². The number of carbonyl (C=O) groups is 2. The zero-order chi connectivity index (χ0) is 21.8. The standard InChI is InChI=1S/C23H29FO6/c1-11(25)29-18-7-13-5-6-14-16-9-19(30-12(2)26)22(27)23(16,3)10-20(28-4)21(14)15(13)8-17(18)24/h7-8,14,16,19-22,27H,5-6,9-10H2,1-4H3/t14-,16-,19-,20-,21-,22-,23-/m0/s1. The molecule has 2 fully saturated rings. The second kappa shape index (κ2) is 7.61. The molecule has 4 rings (SSSR count). The number of halogens is 1. The molecule has 1 N–H and O–H groups in total. The molecule has 0 amide bonds. The average Bonchev–Trinajstić information content (AvgIpc) is 2.91. The first-order valence-corrected chi connectivity index (χ1v) is 10.5. The molecule has 1 aromatic carbocycles. The lowest BCUT2D eigenvalue weighted by Gasteiger charge is -2.52. The summed E-state index contributed by atoms with van der Waals surface area (Å²) in [6.45, 7) is 4.66. The first-order valence-electron chi connectivity index (χ1n) is 10.5. The van der Waals surface area contributed by atoms with Gasteiger partial charge in [0.25, 0.3) is 0 Å². The van der Waals surface area contributed by atoms with Gasteiger partial charge in [0, 0.05) is 32.3 Å². The van der Waals surface area contributed by atoms with Gasteiger partial charge in [-0.05, 0) is 60.8 Å². The third kappa shape index (κ3) is 3.32. The summed E-state index contributed by atoms with van der Waals surface area (Å²) < 4.78 is 31.0. The summed E-state index contributed by atoms with van der Waals surface area (Å²) in [4.78, 5) is 22.8. The summed E-state index contributed by atoms with van der Waals surface area (Å²) in [7, 11) is 1.65. The van der Waals surface area contributed by atoms with Crippen LogP contribution in [0.15, 0.2) is 12.1 Å². The fourth-order valence-corrected chi connectivity index (χ4v) is 6.38. The van der Waals surface area contributed by atoms with Crippen molar-refractivity contribution in [1.82, 2.24) is 0 Å². The fraction of sp³-hybridized carbons (Fsp3) is 0.652. The molecule has 0 aliphatic heterocycles. The molecule has 0 unspecified atom stereocenters. The van der Waals surface area contributed by atoms with Crippen LogP contribution in [-0.2, 0) is 25.5 Å². The van der Waals surface area contributed by atoms with E-state index in [9.17, 15) is 19.1 Å². The monoisotopic (exact) mass is 420 g/mol. The molecule has 7 atom stereocenters. The first kappa shape index (κ1) is 21.2. The van der Waals surface area contributed by atoms with Crippen LogP contribution < -0.4 is 4.74 Å². The number of methoxy groups -OCH3 is 1. The van der Waals surface area contributed by atoms with Gasteiger partial charge in [-0.1, -0.05) is 6.92 Å². The van der Waals surface area contributed by atoms with Crippen molar-refractivity contribution >= 4 is 11.9 Å². The number of hydrogen-bond acceptors (Lipinski definition) is 6. The summed E-state index contributed by atoms with van der Waals surface area (Å²) in [5, 5.41) is 11.0. The Balaban J connectivity index is 1.71. The number of ether oxygens (including phenoxy) is 3. The molecule has 3 aliphatic rings. The van der Waals surface area contributed by atoms with Crippen LogP contribution in [0.25, 0.3) is 0 Å². The second-order valence-electron chi connectivity index (χ2n) is 9.22. The molecule has 0 heterocycles. The van der Waals surface area contributed by atoms with E-state index >= 15 is 0 Å². The third-order valence-electron chi connectivity index (χ3n) is 7.55. The number of esters is 2. The number of aliphatic hydroxyl groups is 1. The zero-order valence-electron chi connectivity index (χ0n) is 17.8. The van der Waals surface area contributed by atoms with E-state index in [1.165, 1.54) is 19.9 Å². The van der Waals surface area contributed by atoms with E-state index in [-0.39, 0.29) is 29.6 Å². The quantitative estimate of drug-likeness (QED) is 0.598.